The van der Waals surface area contributed by atoms with Crippen molar-refractivity contribution in [2.75, 3.05) is 43.9 Å². The van der Waals surface area contributed by atoms with Gasteiger partial charge in [0.25, 0.3) is 0 Å². The van der Waals surface area contributed by atoms with E-state index in [1.165, 1.54) is 11.1 Å². The van der Waals surface area contributed by atoms with Gasteiger partial charge in [-0.25, -0.2) is 14.2 Å². The number of alkyl halides is 3. The Morgan fingerprint density at radius 1 is 1.18 bits per heavy atom. The summed E-state index contributed by atoms with van der Waals surface area (Å²) in [7, 11) is -3.60. The van der Waals surface area contributed by atoms with Gasteiger partial charge in [0.1, 0.15) is 5.75 Å². The molecule has 1 aromatic carbocycles. The molecular weight excluding hydrogens is 459 g/mol. The third kappa shape index (κ3) is 5.11. The molecule has 4 rings (SSSR count). The average molecular weight is 484 g/mol. The molecule has 1 unspecified atom stereocenters. The van der Waals surface area contributed by atoms with Crippen molar-refractivity contribution in [3.8, 4) is 5.75 Å². The van der Waals surface area contributed by atoms with Gasteiger partial charge in [0.15, 0.2) is 0 Å². The monoisotopic (exact) mass is 483 g/mol. The fourth-order valence-electron chi connectivity index (χ4n) is 3.89. The van der Waals surface area contributed by atoms with Gasteiger partial charge >= 0.3 is 12.1 Å². The zero-order valence-electron chi connectivity index (χ0n) is 18.2. The summed E-state index contributed by atoms with van der Waals surface area (Å²) in [5.74, 6) is -1.05. The Bertz CT molecular complexity index is 1150. The van der Waals surface area contributed by atoms with E-state index in [4.69, 9.17) is 4.74 Å². The predicted molar refractivity (Wildman–Crippen MR) is 116 cm³/mol. The Labute approximate surface area is 190 Å². The van der Waals surface area contributed by atoms with E-state index < -0.39 is 21.8 Å². The SMILES string of the molecule is C[C@@H](c1ccc2c(c1)OCC2)N1CCN(c2ncc(S(C)(=O)=NC(=O)C(F)(F)F)cn2)CC1. The first kappa shape index (κ1) is 23.4. The van der Waals surface area contributed by atoms with Crippen molar-refractivity contribution < 1.29 is 26.9 Å². The number of carbonyl (C=O) groups excluding carboxylic acids is 1. The Kier molecular flexibility index (Phi) is 6.32. The highest BCUT2D eigenvalue weighted by atomic mass is 32.2. The number of halogens is 3. The Morgan fingerprint density at radius 2 is 1.85 bits per heavy atom. The van der Waals surface area contributed by atoms with Crippen LogP contribution in [-0.4, -0.2) is 70.2 Å². The molecule has 1 amide bonds. The number of hydrogen-bond acceptors (Lipinski definition) is 7. The molecule has 3 heterocycles. The van der Waals surface area contributed by atoms with Crippen LogP contribution in [0.15, 0.2) is 39.9 Å². The number of hydrogen-bond donors (Lipinski definition) is 0. The van der Waals surface area contributed by atoms with Gasteiger partial charge in [-0.05, 0) is 24.1 Å². The second kappa shape index (κ2) is 8.90. The number of aromatic nitrogens is 2. The molecule has 0 saturated carbocycles. The number of benzene rings is 1. The van der Waals surface area contributed by atoms with Crippen LogP contribution in [0.4, 0.5) is 19.1 Å². The number of rotatable bonds is 4. The first-order valence-electron chi connectivity index (χ1n) is 10.4. The van der Waals surface area contributed by atoms with Gasteiger partial charge in [-0.2, -0.15) is 13.2 Å². The van der Waals surface area contributed by atoms with Crippen LogP contribution in [0.25, 0.3) is 0 Å². The van der Waals surface area contributed by atoms with Crippen LogP contribution < -0.4 is 9.64 Å². The molecule has 1 saturated heterocycles. The Morgan fingerprint density at radius 3 is 2.48 bits per heavy atom. The highest BCUT2D eigenvalue weighted by Crippen LogP contribution is 2.31. The molecule has 0 radical (unpaired) electrons. The summed E-state index contributed by atoms with van der Waals surface area (Å²) in [6, 6.07) is 6.59. The van der Waals surface area contributed by atoms with Gasteiger partial charge < -0.3 is 9.64 Å². The third-order valence-electron chi connectivity index (χ3n) is 5.90. The van der Waals surface area contributed by atoms with Gasteiger partial charge in [-0.1, -0.05) is 12.1 Å². The van der Waals surface area contributed by atoms with Crippen LogP contribution in [-0.2, 0) is 20.9 Å². The van der Waals surface area contributed by atoms with E-state index in [9.17, 15) is 22.2 Å². The van der Waals surface area contributed by atoms with Gasteiger partial charge in [0.2, 0.25) is 5.95 Å². The summed E-state index contributed by atoms with van der Waals surface area (Å²) in [5, 5.41) is 0. The fourth-order valence-corrected chi connectivity index (χ4v) is 4.92. The summed E-state index contributed by atoms with van der Waals surface area (Å²) >= 11 is 0. The summed E-state index contributed by atoms with van der Waals surface area (Å²) < 4.78 is 58.3. The summed E-state index contributed by atoms with van der Waals surface area (Å²) in [5.41, 5.74) is 2.43. The first-order valence-corrected chi connectivity index (χ1v) is 12.4. The molecule has 2 aliphatic heterocycles. The molecule has 0 spiro atoms. The number of piperazine rings is 1. The van der Waals surface area contributed by atoms with E-state index in [0.29, 0.717) is 19.0 Å². The topological polar surface area (TPSA) is 88.0 Å². The zero-order chi connectivity index (χ0) is 23.8. The highest BCUT2D eigenvalue weighted by Gasteiger charge is 2.39. The number of amides is 1. The van der Waals surface area contributed by atoms with Crippen LogP contribution in [0, 0.1) is 0 Å². The van der Waals surface area contributed by atoms with E-state index in [1.807, 2.05) is 4.90 Å². The normalized spacial score (nSPS) is 19.4. The molecular formula is C21H24F3N5O3S. The minimum absolute atomic E-state index is 0.130. The summed E-state index contributed by atoms with van der Waals surface area (Å²) in [6.07, 6.45) is -0.946. The molecule has 2 aromatic rings. The predicted octanol–water partition coefficient (Wildman–Crippen LogP) is 2.84. The maximum absolute atomic E-state index is 12.5. The Balaban J connectivity index is 1.39. The van der Waals surface area contributed by atoms with Gasteiger partial charge in [0, 0.05) is 57.3 Å². The van der Waals surface area contributed by atoms with Crippen LogP contribution in [0.3, 0.4) is 0 Å². The number of fused-ring (bicyclic) bond motifs is 1. The Hall–Kier alpha value is -2.73. The van der Waals surface area contributed by atoms with Crippen molar-refractivity contribution in [2.24, 2.45) is 4.36 Å². The standard InChI is InChI=1S/C21H24F3N5O3S/c1-14(16-4-3-15-5-10-32-18(15)11-16)28-6-8-29(9-7-28)20-25-12-17(13-26-20)33(2,31)27-19(30)21(22,23)24/h3-4,11-14H,5-10H2,1-2H3/t14-,33?/m0/s1. The lowest BCUT2D eigenvalue weighted by molar-refractivity contribution is -0.169. The molecule has 8 nitrogen and oxygen atoms in total. The zero-order valence-corrected chi connectivity index (χ0v) is 19.0. The van der Waals surface area contributed by atoms with E-state index in [0.717, 1.165) is 50.5 Å². The van der Waals surface area contributed by atoms with Crippen LogP contribution >= 0.6 is 0 Å². The molecule has 1 fully saturated rings. The molecule has 2 atom stereocenters. The molecule has 2 aliphatic rings. The molecule has 0 bridgehead atoms. The van der Waals surface area contributed by atoms with Crippen molar-refractivity contribution in [1.82, 2.24) is 14.9 Å². The second-order valence-electron chi connectivity index (χ2n) is 8.08. The van der Waals surface area contributed by atoms with E-state index in [1.54, 1.807) is 0 Å². The lowest BCUT2D eigenvalue weighted by Crippen LogP contribution is -2.47. The largest absolute Gasteiger partial charge is 0.493 e. The van der Waals surface area contributed by atoms with Crippen molar-refractivity contribution >= 4 is 21.6 Å². The molecule has 0 aliphatic carbocycles. The third-order valence-corrected chi connectivity index (χ3v) is 7.50. The number of nitrogens with zero attached hydrogens (tertiary/aromatic N) is 5. The van der Waals surface area contributed by atoms with Crippen molar-refractivity contribution in [1.29, 1.82) is 0 Å². The molecule has 178 valence electrons. The van der Waals surface area contributed by atoms with Crippen LogP contribution in [0.5, 0.6) is 5.75 Å². The number of anilines is 1. The first-order chi connectivity index (χ1) is 15.5. The highest BCUT2D eigenvalue weighted by molar-refractivity contribution is 7.93. The minimum atomic E-state index is -5.18. The van der Waals surface area contributed by atoms with Crippen molar-refractivity contribution in [3.63, 3.8) is 0 Å². The van der Waals surface area contributed by atoms with Gasteiger partial charge in [-0.15, -0.1) is 4.36 Å². The molecule has 33 heavy (non-hydrogen) atoms. The summed E-state index contributed by atoms with van der Waals surface area (Å²) in [4.78, 5) is 23.6. The smallest absolute Gasteiger partial charge is 0.474 e. The second-order valence-corrected chi connectivity index (χ2v) is 10.3. The molecule has 1 aromatic heterocycles. The summed E-state index contributed by atoms with van der Waals surface area (Å²) in [6.45, 7) is 5.73. The van der Waals surface area contributed by atoms with Gasteiger partial charge in [0.05, 0.1) is 21.2 Å². The molecule has 12 heteroatoms. The van der Waals surface area contributed by atoms with Crippen LogP contribution in [0.2, 0.25) is 0 Å². The number of ether oxygens (including phenoxy) is 1. The van der Waals surface area contributed by atoms with Crippen LogP contribution in [0.1, 0.15) is 24.1 Å². The van der Waals surface area contributed by atoms with Crippen molar-refractivity contribution in [2.45, 2.75) is 30.5 Å². The lowest BCUT2D eigenvalue weighted by Gasteiger charge is -2.38. The fraction of sp³-hybridized carbons (Fsp3) is 0.476. The van der Waals surface area contributed by atoms with Gasteiger partial charge in [-0.3, -0.25) is 9.69 Å². The average Bonchev–Trinajstić information content (AvgIpc) is 3.26. The molecule has 0 N–H and O–H groups in total. The van der Waals surface area contributed by atoms with E-state index in [-0.39, 0.29) is 10.9 Å². The van der Waals surface area contributed by atoms with Crippen molar-refractivity contribution in [3.05, 3.63) is 41.7 Å². The van der Waals surface area contributed by atoms with E-state index >= 15 is 0 Å². The maximum Gasteiger partial charge on any atom is 0.474 e. The number of carbonyl (C=O) groups is 1. The minimum Gasteiger partial charge on any atom is -0.493 e. The lowest BCUT2D eigenvalue weighted by atomic mass is 10.0. The maximum atomic E-state index is 12.5. The van der Waals surface area contributed by atoms with E-state index in [2.05, 4.69) is 44.4 Å². The quantitative estimate of drug-likeness (QED) is 0.661.